The van der Waals surface area contributed by atoms with Gasteiger partial charge < -0.3 is 10.0 Å². The molecule has 19 heavy (non-hydrogen) atoms. The third-order valence-electron chi connectivity index (χ3n) is 4.41. The largest absolute Gasteiger partial charge is 0.396 e. The summed E-state index contributed by atoms with van der Waals surface area (Å²) in [7, 11) is 0. The first kappa shape index (κ1) is 13.9. The van der Waals surface area contributed by atoms with Crippen LogP contribution in [0, 0.1) is 17.2 Å². The van der Waals surface area contributed by atoms with E-state index in [4.69, 9.17) is 5.26 Å². The van der Waals surface area contributed by atoms with Crippen LogP contribution in [0.4, 0.5) is 5.69 Å². The van der Waals surface area contributed by atoms with Crippen molar-refractivity contribution < 1.29 is 5.11 Å². The van der Waals surface area contributed by atoms with Crippen molar-refractivity contribution in [3.8, 4) is 6.07 Å². The SMILES string of the molecule is CC1(C)C(CCO)CCCN1c1ccc(C#N)cc1. The number of benzene rings is 1. The number of nitrogens with zero attached hydrogens (tertiary/aromatic N) is 2. The molecule has 1 unspecified atom stereocenters. The molecule has 3 heteroatoms. The number of hydrogen-bond donors (Lipinski definition) is 1. The number of nitriles is 1. The molecule has 1 N–H and O–H groups in total. The van der Waals surface area contributed by atoms with E-state index in [9.17, 15) is 5.11 Å². The van der Waals surface area contributed by atoms with Crippen LogP contribution in [0.1, 0.15) is 38.7 Å². The van der Waals surface area contributed by atoms with Crippen molar-refractivity contribution in [2.45, 2.75) is 38.6 Å². The molecule has 1 aliphatic heterocycles. The molecule has 102 valence electrons. The number of anilines is 1. The Kier molecular flexibility index (Phi) is 4.11. The van der Waals surface area contributed by atoms with Crippen molar-refractivity contribution in [2.75, 3.05) is 18.1 Å². The van der Waals surface area contributed by atoms with Gasteiger partial charge in [-0.1, -0.05) is 0 Å². The Balaban J connectivity index is 2.24. The average molecular weight is 258 g/mol. The predicted molar refractivity (Wildman–Crippen MR) is 77.0 cm³/mol. The second-order valence-corrected chi connectivity index (χ2v) is 5.82. The minimum atomic E-state index is 0.0507. The molecule has 2 rings (SSSR count). The summed E-state index contributed by atoms with van der Waals surface area (Å²) in [6.07, 6.45) is 3.20. The summed E-state index contributed by atoms with van der Waals surface area (Å²) < 4.78 is 0. The number of aliphatic hydroxyl groups excluding tert-OH is 1. The zero-order chi connectivity index (χ0) is 13.9. The fourth-order valence-corrected chi connectivity index (χ4v) is 3.19. The molecular weight excluding hydrogens is 236 g/mol. The summed E-state index contributed by atoms with van der Waals surface area (Å²) in [5.41, 5.74) is 1.92. The third-order valence-corrected chi connectivity index (χ3v) is 4.41. The van der Waals surface area contributed by atoms with Gasteiger partial charge in [0.1, 0.15) is 0 Å². The Bertz CT molecular complexity index is 457. The van der Waals surface area contributed by atoms with Gasteiger partial charge in [-0.15, -0.1) is 0 Å². The van der Waals surface area contributed by atoms with Crippen molar-refractivity contribution in [3.63, 3.8) is 0 Å². The number of hydrogen-bond acceptors (Lipinski definition) is 3. The van der Waals surface area contributed by atoms with E-state index >= 15 is 0 Å². The molecule has 0 bridgehead atoms. The van der Waals surface area contributed by atoms with E-state index in [-0.39, 0.29) is 12.1 Å². The lowest BCUT2D eigenvalue weighted by Crippen LogP contribution is -2.53. The molecule has 0 radical (unpaired) electrons. The molecule has 1 fully saturated rings. The van der Waals surface area contributed by atoms with Gasteiger partial charge in [0, 0.05) is 24.4 Å². The summed E-state index contributed by atoms with van der Waals surface area (Å²) >= 11 is 0. The number of piperidine rings is 1. The van der Waals surface area contributed by atoms with Gasteiger partial charge in [0.05, 0.1) is 11.6 Å². The number of aliphatic hydroxyl groups is 1. The second-order valence-electron chi connectivity index (χ2n) is 5.82. The maximum Gasteiger partial charge on any atom is 0.0991 e. The summed E-state index contributed by atoms with van der Waals surface area (Å²) in [5.74, 6) is 0.516. The first-order chi connectivity index (χ1) is 9.09. The van der Waals surface area contributed by atoms with E-state index < -0.39 is 0 Å². The zero-order valence-electron chi connectivity index (χ0n) is 11.8. The molecule has 1 aliphatic rings. The molecule has 0 amide bonds. The van der Waals surface area contributed by atoms with E-state index in [0.29, 0.717) is 11.5 Å². The molecule has 1 aromatic rings. The van der Waals surface area contributed by atoms with E-state index in [0.717, 1.165) is 19.4 Å². The highest BCUT2D eigenvalue weighted by atomic mass is 16.3. The van der Waals surface area contributed by atoms with Crippen LogP contribution in [0.3, 0.4) is 0 Å². The van der Waals surface area contributed by atoms with Crippen LogP contribution in [-0.2, 0) is 0 Å². The molecule has 3 nitrogen and oxygen atoms in total. The molecule has 0 saturated carbocycles. The van der Waals surface area contributed by atoms with Gasteiger partial charge in [-0.3, -0.25) is 0 Å². The molecule has 0 aliphatic carbocycles. The van der Waals surface area contributed by atoms with Gasteiger partial charge in [-0.25, -0.2) is 0 Å². The van der Waals surface area contributed by atoms with Crippen LogP contribution in [0.25, 0.3) is 0 Å². The predicted octanol–water partition coefficient (Wildman–Crippen LogP) is 2.94. The highest BCUT2D eigenvalue weighted by Crippen LogP contribution is 2.38. The van der Waals surface area contributed by atoms with E-state index in [1.807, 2.05) is 24.3 Å². The van der Waals surface area contributed by atoms with Gasteiger partial charge in [0.25, 0.3) is 0 Å². The van der Waals surface area contributed by atoms with Gasteiger partial charge in [-0.2, -0.15) is 5.26 Å². The molecule has 0 aromatic heterocycles. The van der Waals surface area contributed by atoms with Crippen LogP contribution < -0.4 is 4.90 Å². The summed E-state index contributed by atoms with van der Waals surface area (Å²) in [4.78, 5) is 2.41. The molecular formula is C16H22N2O. The van der Waals surface area contributed by atoms with E-state index in [1.54, 1.807) is 0 Å². The van der Waals surface area contributed by atoms with Crippen molar-refractivity contribution in [2.24, 2.45) is 5.92 Å². The zero-order valence-corrected chi connectivity index (χ0v) is 11.8. The summed E-state index contributed by atoms with van der Waals surface area (Å²) in [5, 5.41) is 18.1. The Morgan fingerprint density at radius 2 is 2.05 bits per heavy atom. The van der Waals surface area contributed by atoms with Crippen molar-refractivity contribution in [1.29, 1.82) is 5.26 Å². The lowest BCUT2D eigenvalue weighted by atomic mass is 9.77. The third kappa shape index (κ3) is 2.74. The van der Waals surface area contributed by atoms with Crippen LogP contribution in [0.15, 0.2) is 24.3 Å². The van der Waals surface area contributed by atoms with E-state index in [1.165, 1.54) is 12.1 Å². The molecule has 1 saturated heterocycles. The topological polar surface area (TPSA) is 47.3 Å². The Labute approximate surface area is 115 Å². The Morgan fingerprint density at radius 1 is 1.37 bits per heavy atom. The fraction of sp³-hybridized carbons (Fsp3) is 0.562. The van der Waals surface area contributed by atoms with Gasteiger partial charge in [0.2, 0.25) is 0 Å². The molecule has 1 atom stereocenters. The second kappa shape index (κ2) is 5.63. The minimum Gasteiger partial charge on any atom is -0.396 e. The first-order valence-electron chi connectivity index (χ1n) is 6.98. The fourth-order valence-electron chi connectivity index (χ4n) is 3.19. The normalized spacial score (nSPS) is 22.0. The van der Waals surface area contributed by atoms with Crippen LogP contribution in [-0.4, -0.2) is 23.8 Å². The maximum atomic E-state index is 9.22. The molecule has 1 heterocycles. The van der Waals surface area contributed by atoms with Crippen molar-refractivity contribution >= 4 is 5.69 Å². The van der Waals surface area contributed by atoms with Gasteiger partial charge >= 0.3 is 0 Å². The smallest absolute Gasteiger partial charge is 0.0991 e. The molecule has 1 aromatic carbocycles. The van der Waals surface area contributed by atoms with Crippen molar-refractivity contribution in [3.05, 3.63) is 29.8 Å². The standard InChI is InChI=1S/C16H22N2O/c1-16(2)14(9-11-19)4-3-10-18(16)15-7-5-13(12-17)6-8-15/h5-8,14,19H,3-4,9-11H2,1-2H3. The Hall–Kier alpha value is -1.53. The summed E-state index contributed by atoms with van der Waals surface area (Å²) in [6.45, 7) is 5.81. The quantitative estimate of drug-likeness (QED) is 0.906. The maximum absolute atomic E-state index is 9.22. The summed E-state index contributed by atoms with van der Waals surface area (Å²) in [6, 6.07) is 9.97. The van der Waals surface area contributed by atoms with Crippen LogP contribution >= 0.6 is 0 Å². The Morgan fingerprint density at radius 3 is 2.63 bits per heavy atom. The lowest BCUT2D eigenvalue weighted by molar-refractivity contribution is 0.176. The lowest BCUT2D eigenvalue weighted by Gasteiger charge is -2.49. The van der Waals surface area contributed by atoms with Gasteiger partial charge in [0.15, 0.2) is 0 Å². The minimum absolute atomic E-state index is 0.0507. The van der Waals surface area contributed by atoms with Crippen molar-refractivity contribution in [1.82, 2.24) is 0 Å². The monoisotopic (exact) mass is 258 g/mol. The first-order valence-corrected chi connectivity index (χ1v) is 6.98. The molecule has 0 spiro atoms. The highest BCUT2D eigenvalue weighted by Gasteiger charge is 2.37. The van der Waals surface area contributed by atoms with E-state index in [2.05, 4.69) is 24.8 Å². The average Bonchev–Trinajstić information content (AvgIpc) is 2.41. The van der Waals surface area contributed by atoms with Crippen LogP contribution in [0.5, 0.6) is 0 Å². The highest BCUT2D eigenvalue weighted by molar-refractivity contribution is 5.52. The van der Waals surface area contributed by atoms with Gasteiger partial charge in [-0.05, 0) is 63.3 Å². The van der Waals surface area contributed by atoms with Crippen LogP contribution in [0.2, 0.25) is 0 Å². The number of rotatable bonds is 3.